The van der Waals surface area contributed by atoms with Gasteiger partial charge in [0.1, 0.15) is 0 Å². The van der Waals surface area contributed by atoms with E-state index in [2.05, 4.69) is 15.9 Å². The first-order valence-corrected chi connectivity index (χ1v) is 4.75. The Bertz CT molecular complexity index is 318. The number of benzene rings is 1. The predicted molar refractivity (Wildman–Crippen MR) is 53.7 cm³/mol. The van der Waals surface area contributed by atoms with Crippen LogP contribution in [0.2, 0.25) is 0 Å². The predicted octanol–water partition coefficient (Wildman–Crippen LogP) is 1.98. The zero-order chi connectivity index (χ0) is 8.77. The molecule has 1 aromatic rings. The van der Waals surface area contributed by atoms with Crippen molar-refractivity contribution in [1.82, 2.24) is 0 Å². The molecule has 1 fully saturated rings. The van der Waals surface area contributed by atoms with Gasteiger partial charge in [-0.15, -0.1) is 0 Å². The molecule has 0 unspecified atom stereocenters. The van der Waals surface area contributed by atoms with E-state index < -0.39 is 0 Å². The summed E-state index contributed by atoms with van der Waals surface area (Å²) in [6, 6.07) is 5.95. The van der Waals surface area contributed by atoms with Gasteiger partial charge < -0.3 is 11.5 Å². The van der Waals surface area contributed by atoms with Gasteiger partial charge >= 0.3 is 0 Å². The molecular weight excluding hydrogens is 216 g/mol. The van der Waals surface area contributed by atoms with E-state index in [0.717, 1.165) is 28.6 Å². The Morgan fingerprint density at radius 1 is 1.33 bits per heavy atom. The Balaban J connectivity index is 2.41. The van der Waals surface area contributed by atoms with Gasteiger partial charge in [0.05, 0.1) is 0 Å². The fourth-order valence-electron chi connectivity index (χ4n) is 1.28. The van der Waals surface area contributed by atoms with Crippen LogP contribution in [0.3, 0.4) is 0 Å². The Morgan fingerprint density at radius 2 is 2.00 bits per heavy atom. The number of anilines is 1. The summed E-state index contributed by atoms with van der Waals surface area (Å²) in [7, 11) is 0. The molecule has 0 spiro atoms. The molecule has 1 aliphatic carbocycles. The molecule has 1 aromatic carbocycles. The highest BCUT2D eigenvalue weighted by Crippen LogP contribution is 2.43. The van der Waals surface area contributed by atoms with Crippen LogP contribution in [0.4, 0.5) is 5.69 Å². The van der Waals surface area contributed by atoms with Crippen molar-refractivity contribution in [3.8, 4) is 0 Å². The van der Waals surface area contributed by atoms with Gasteiger partial charge in [0.15, 0.2) is 0 Å². The minimum Gasteiger partial charge on any atom is -0.398 e. The molecular formula is C9H11BrN2. The fourth-order valence-corrected chi connectivity index (χ4v) is 1.52. The maximum atomic E-state index is 6.02. The molecule has 0 heterocycles. The van der Waals surface area contributed by atoms with Crippen LogP contribution < -0.4 is 11.5 Å². The van der Waals surface area contributed by atoms with E-state index in [4.69, 9.17) is 11.5 Å². The average molecular weight is 227 g/mol. The molecule has 0 radical (unpaired) electrons. The summed E-state index contributed by atoms with van der Waals surface area (Å²) in [4.78, 5) is 0. The van der Waals surface area contributed by atoms with E-state index in [1.807, 2.05) is 18.2 Å². The van der Waals surface area contributed by atoms with Crippen LogP contribution in [0.5, 0.6) is 0 Å². The second-order valence-electron chi connectivity index (χ2n) is 3.39. The standard InChI is InChI=1S/C9H11BrN2/c10-7-2-1-6(5-8(7)11)9(12)3-4-9/h1-2,5H,3-4,11-12H2. The van der Waals surface area contributed by atoms with Crippen molar-refractivity contribution in [1.29, 1.82) is 0 Å². The highest BCUT2D eigenvalue weighted by Gasteiger charge is 2.39. The quantitative estimate of drug-likeness (QED) is 0.720. The van der Waals surface area contributed by atoms with E-state index in [-0.39, 0.29) is 5.54 Å². The summed E-state index contributed by atoms with van der Waals surface area (Å²) in [6.45, 7) is 0. The fraction of sp³-hybridized carbons (Fsp3) is 0.333. The van der Waals surface area contributed by atoms with Gasteiger partial charge in [-0.05, 0) is 46.5 Å². The molecule has 2 nitrogen and oxygen atoms in total. The monoisotopic (exact) mass is 226 g/mol. The molecule has 12 heavy (non-hydrogen) atoms. The molecule has 3 heteroatoms. The van der Waals surface area contributed by atoms with E-state index in [0.29, 0.717) is 0 Å². The topological polar surface area (TPSA) is 52.0 Å². The third-order valence-corrected chi connectivity index (χ3v) is 3.08. The third kappa shape index (κ3) is 1.23. The smallest absolute Gasteiger partial charge is 0.0461 e. The first kappa shape index (κ1) is 8.08. The Kier molecular flexibility index (Phi) is 1.66. The van der Waals surface area contributed by atoms with Crippen molar-refractivity contribution < 1.29 is 0 Å². The third-order valence-electron chi connectivity index (χ3n) is 2.36. The first-order valence-electron chi connectivity index (χ1n) is 3.96. The lowest BCUT2D eigenvalue weighted by Crippen LogP contribution is -2.18. The molecule has 1 saturated carbocycles. The van der Waals surface area contributed by atoms with Crippen molar-refractivity contribution in [2.75, 3.05) is 5.73 Å². The lowest BCUT2D eigenvalue weighted by atomic mass is 10.1. The first-order chi connectivity index (χ1) is 5.62. The van der Waals surface area contributed by atoms with Gasteiger partial charge in [0.25, 0.3) is 0 Å². The van der Waals surface area contributed by atoms with Gasteiger partial charge in [-0.3, -0.25) is 0 Å². The van der Waals surface area contributed by atoms with Gasteiger partial charge in [0.2, 0.25) is 0 Å². The average Bonchev–Trinajstić information content (AvgIpc) is 2.75. The van der Waals surface area contributed by atoms with Crippen molar-refractivity contribution in [2.24, 2.45) is 5.73 Å². The largest absolute Gasteiger partial charge is 0.398 e. The van der Waals surface area contributed by atoms with Gasteiger partial charge in [-0.1, -0.05) is 6.07 Å². The Labute approximate surface area is 80.1 Å². The molecule has 0 aromatic heterocycles. The number of rotatable bonds is 1. The van der Waals surface area contributed by atoms with E-state index >= 15 is 0 Å². The number of halogens is 1. The lowest BCUT2D eigenvalue weighted by molar-refractivity contribution is 0.740. The van der Waals surface area contributed by atoms with Gasteiger partial charge in [-0.2, -0.15) is 0 Å². The lowest BCUT2D eigenvalue weighted by Gasteiger charge is -2.10. The second kappa shape index (κ2) is 2.47. The number of hydrogen-bond acceptors (Lipinski definition) is 2. The van der Waals surface area contributed by atoms with Crippen LogP contribution in [-0.2, 0) is 5.54 Å². The molecule has 0 saturated heterocycles. The van der Waals surface area contributed by atoms with E-state index in [1.165, 1.54) is 0 Å². The SMILES string of the molecule is Nc1cc(C2(N)CC2)ccc1Br. The summed E-state index contributed by atoms with van der Waals surface area (Å²) in [6.07, 6.45) is 2.15. The Hall–Kier alpha value is -0.540. The zero-order valence-electron chi connectivity index (χ0n) is 6.68. The minimum atomic E-state index is -0.0746. The molecule has 4 N–H and O–H groups in total. The van der Waals surface area contributed by atoms with Crippen LogP contribution in [0.1, 0.15) is 18.4 Å². The number of nitrogen functional groups attached to an aromatic ring is 1. The molecule has 1 aliphatic rings. The van der Waals surface area contributed by atoms with E-state index in [9.17, 15) is 0 Å². The van der Waals surface area contributed by atoms with Crippen LogP contribution in [-0.4, -0.2) is 0 Å². The summed E-state index contributed by atoms with van der Waals surface area (Å²) in [5.74, 6) is 0. The number of nitrogens with two attached hydrogens (primary N) is 2. The van der Waals surface area contributed by atoms with Crippen LogP contribution in [0.15, 0.2) is 22.7 Å². The molecule has 64 valence electrons. The van der Waals surface area contributed by atoms with Crippen molar-refractivity contribution in [2.45, 2.75) is 18.4 Å². The molecule has 0 bridgehead atoms. The highest BCUT2D eigenvalue weighted by atomic mass is 79.9. The summed E-state index contributed by atoms with van der Waals surface area (Å²) in [5, 5.41) is 0. The number of hydrogen-bond donors (Lipinski definition) is 2. The maximum Gasteiger partial charge on any atom is 0.0461 e. The van der Waals surface area contributed by atoms with Crippen LogP contribution in [0.25, 0.3) is 0 Å². The molecule has 0 amide bonds. The highest BCUT2D eigenvalue weighted by molar-refractivity contribution is 9.10. The van der Waals surface area contributed by atoms with Crippen molar-refractivity contribution in [3.63, 3.8) is 0 Å². The molecule has 0 atom stereocenters. The van der Waals surface area contributed by atoms with Crippen molar-refractivity contribution >= 4 is 21.6 Å². The van der Waals surface area contributed by atoms with Crippen LogP contribution >= 0.6 is 15.9 Å². The summed E-state index contributed by atoms with van der Waals surface area (Å²) >= 11 is 3.35. The molecule has 0 aliphatic heterocycles. The van der Waals surface area contributed by atoms with Crippen LogP contribution in [0, 0.1) is 0 Å². The normalized spacial score (nSPS) is 19.2. The maximum absolute atomic E-state index is 6.02. The van der Waals surface area contributed by atoms with E-state index in [1.54, 1.807) is 0 Å². The van der Waals surface area contributed by atoms with Gasteiger partial charge in [-0.25, -0.2) is 0 Å². The summed E-state index contributed by atoms with van der Waals surface area (Å²) in [5.41, 5.74) is 13.6. The zero-order valence-corrected chi connectivity index (χ0v) is 8.26. The summed E-state index contributed by atoms with van der Waals surface area (Å²) < 4.78 is 0.940. The Morgan fingerprint density at radius 3 is 2.50 bits per heavy atom. The second-order valence-corrected chi connectivity index (χ2v) is 4.25. The minimum absolute atomic E-state index is 0.0746. The van der Waals surface area contributed by atoms with Crippen molar-refractivity contribution in [3.05, 3.63) is 28.2 Å². The molecule has 2 rings (SSSR count). The van der Waals surface area contributed by atoms with Gasteiger partial charge in [0, 0.05) is 15.7 Å².